The summed E-state index contributed by atoms with van der Waals surface area (Å²) in [7, 11) is 0. The fourth-order valence-corrected chi connectivity index (χ4v) is 3.35. The molecule has 2 heterocycles. The van der Waals surface area contributed by atoms with E-state index in [0.29, 0.717) is 18.6 Å². The molecule has 4 heteroatoms. The molecule has 1 aromatic rings. The second-order valence-corrected chi connectivity index (χ2v) is 6.73. The molecule has 2 N–H and O–H groups in total. The van der Waals surface area contributed by atoms with E-state index in [9.17, 15) is 0 Å². The maximum absolute atomic E-state index is 6.00. The van der Waals surface area contributed by atoms with Crippen molar-refractivity contribution in [2.24, 2.45) is 11.7 Å². The van der Waals surface area contributed by atoms with Crippen molar-refractivity contribution in [1.82, 2.24) is 4.90 Å². The number of nitrogens with zero attached hydrogens (tertiary/aromatic N) is 1. The number of hydrogen-bond donors (Lipinski definition) is 1. The lowest BCUT2D eigenvalue weighted by molar-refractivity contribution is 0.0679. The summed E-state index contributed by atoms with van der Waals surface area (Å²) in [6, 6.07) is 8.79. The number of hydrogen-bond acceptors (Lipinski definition) is 4. The number of ether oxygens (including phenoxy) is 2. The molecule has 0 saturated carbocycles. The smallest absolute Gasteiger partial charge is 0.119 e. The molecule has 1 aromatic carbocycles. The Morgan fingerprint density at radius 2 is 2.14 bits per heavy atom. The van der Waals surface area contributed by atoms with Crippen LogP contribution in [-0.2, 0) is 11.3 Å². The molecule has 2 saturated heterocycles. The van der Waals surface area contributed by atoms with Gasteiger partial charge in [-0.15, -0.1) is 0 Å². The van der Waals surface area contributed by atoms with Crippen molar-refractivity contribution in [3.05, 3.63) is 29.8 Å². The number of rotatable bonds is 6. The van der Waals surface area contributed by atoms with Crippen molar-refractivity contribution < 1.29 is 9.47 Å². The van der Waals surface area contributed by atoms with Crippen molar-refractivity contribution in [3.8, 4) is 5.75 Å². The summed E-state index contributed by atoms with van der Waals surface area (Å²) in [5.74, 6) is 1.59. The molecule has 4 nitrogen and oxygen atoms in total. The molecule has 22 heavy (non-hydrogen) atoms. The summed E-state index contributed by atoms with van der Waals surface area (Å²) in [4.78, 5) is 2.50. The highest BCUT2D eigenvalue weighted by Crippen LogP contribution is 2.22. The van der Waals surface area contributed by atoms with E-state index in [0.717, 1.165) is 44.8 Å². The zero-order valence-electron chi connectivity index (χ0n) is 13.5. The molecule has 0 aromatic heterocycles. The molecule has 0 radical (unpaired) electrons. The van der Waals surface area contributed by atoms with Crippen LogP contribution >= 0.6 is 0 Å². The van der Waals surface area contributed by atoms with Gasteiger partial charge >= 0.3 is 0 Å². The monoisotopic (exact) mass is 304 g/mol. The molecule has 2 aliphatic heterocycles. The van der Waals surface area contributed by atoms with Gasteiger partial charge in [0.2, 0.25) is 0 Å². The molecular formula is C18H28N2O2. The lowest BCUT2D eigenvalue weighted by atomic mass is 10.0. The summed E-state index contributed by atoms with van der Waals surface area (Å²) >= 11 is 0. The zero-order valence-corrected chi connectivity index (χ0v) is 13.5. The minimum Gasteiger partial charge on any atom is -0.491 e. The Morgan fingerprint density at radius 1 is 1.32 bits per heavy atom. The van der Waals surface area contributed by atoms with E-state index in [1.807, 2.05) is 0 Å². The second-order valence-electron chi connectivity index (χ2n) is 6.73. The third kappa shape index (κ3) is 4.22. The van der Waals surface area contributed by atoms with E-state index in [2.05, 4.69) is 36.1 Å². The summed E-state index contributed by atoms with van der Waals surface area (Å²) in [6.45, 7) is 6.95. The first kappa shape index (κ1) is 15.8. The van der Waals surface area contributed by atoms with Gasteiger partial charge in [-0.1, -0.05) is 12.1 Å². The molecule has 3 unspecified atom stereocenters. The Balaban J connectivity index is 1.45. The van der Waals surface area contributed by atoms with Gasteiger partial charge in [-0.2, -0.15) is 0 Å². The molecule has 3 atom stereocenters. The average Bonchev–Trinajstić information content (AvgIpc) is 3.18. The largest absolute Gasteiger partial charge is 0.491 e. The van der Waals surface area contributed by atoms with Crippen LogP contribution in [0.5, 0.6) is 5.75 Å². The van der Waals surface area contributed by atoms with E-state index >= 15 is 0 Å². The van der Waals surface area contributed by atoms with E-state index < -0.39 is 0 Å². The number of benzene rings is 1. The third-order valence-corrected chi connectivity index (χ3v) is 4.84. The summed E-state index contributed by atoms with van der Waals surface area (Å²) in [6.07, 6.45) is 3.78. The predicted molar refractivity (Wildman–Crippen MR) is 87.9 cm³/mol. The molecule has 2 fully saturated rings. The fraction of sp³-hybridized carbons (Fsp3) is 0.667. The van der Waals surface area contributed by atoms with Gasteiger partial charge in [0.15, 0.2) is 0 Å². The van der Waals surface area contributed by atoms with Crippen molar-refractivity contribution in [3.63, 3.8) is 0 Å². The van der Waals surface area contributed by atoms with E-state index in [1.165, 1.54) is 12.0 Å². The van der Waals surface area contributed by atoms with Crippen LogP contribution in [0.15, 0.2) is 24.3 Å². The topological polar surface area (TPSA) is 47.7 Å². The van der Waals surface area contributed by atoms with Crippen LogP contribution < -0.4 is 10.5 Å². The maximum atomic E-state index is 6.00. The molecule has 3 rings (SSSR count). The Bertz CT molecular complexity index is 455. The lowest BCUT2D eigenvalue weighted by Gasteiger charge is -2.18. The fourth-order valence-electron chi connectivity index (χ4n) is 3.35. The summed E-state index contributed by atoms with van der Waals surface area (Å²) < 4.78 is 11.4. The highest BCUT2D eigenvalue weighted by molar-refractivity contribution is 5.27. The SMILES string of the molecule is CC(N)C1CCN(Cc2ccc(OCC3CCCO3)cc2)C1. The minimum absolute atomic E-state index is 0.277. The van der Waals surface area contributed by atoms with E-state index in [1.54, 1.807) is 0 Å². The molecule has 2 aliphatic rings. The Labute approximate surface area is 133 Å². The first-order chi connectivity index (χ1) is 10.7. The molecule has 0 spiro atoms. The van der Waals surface area contributed by atoms with Gasteiger partial charge in [-0.25, -0.2) is 0 Å². The van der Waals surface area contributed by atoms with Crippen molar-refractivity contribution in [2.45, 2.75) is 44.9 Å². The van der Waals surface area contributed by atoms with Gasteiger partial charge in [0.05, 0.1) is 6.10 Å². The normalized spacial score (nSPS) is 27.2. The minimum atomic E-state index is 0.277. The van der Waals surface area contributed by atoms with E-state index in [-0.39, 0.29) is 6.10 Å². The lowest BCUT2D eigenvalue weighted by Crippen LogP contribution is -2.29. The highest BCUT2D eigenvalue weighted by atomic mass is 16.5. The first-order valence-electron chi connectivity index (χ1n) is 8.52. The molecule has 122 valence electrons. The van der Waals surface area contributed by atoms with Crippen LogP contribution in [0.1, 0.15) is 31.7 Å². The van der Waals surface area contributed by atoms with E-state index in [4.69, 9.17) is 15.2 Å². The quantitative estimate of drug-likeness (QED) is 0.877. The van der Waals surface area contributed by atoms with Crippen molar-refractivity contribution in [2.75, 3.05) is 26.3 Å². The van der Waals surface area contributed by atoms with Crippen LogP contribution in [-0.4, -0.2) is 43.3 Å². The van der Waals surface area contributed by atoms with Gasteiger partial charge in [-0.05, 0) is 56.3 Å². The predicted octanol–water partition coefficient (Wildman–Crippen LogP) is 2.41. The van der Waals surface area contributed by atoms with Gasteiger partial charge < -0.3 is 15.2 Å². The van der Waals surface area contributed by atoms with Crippen molar-refractivity contribution in [1.29, 1.82) is 0 Å². The average molecular weight is 304 g/mol. The van der Waals surface area contributed by atoms with Crippen LogP contribution in [0.3, 0.4) is 0 Å². The first-order valence-corrected chi connectivity index (χ1v) is 8.52. The van der Waals surface area contributed by atoms with Gasteiger partial charge in [0.1, 0.15) is 12.4 Å². The molecule has 0 amide bonds. The number of likely N-dealkylation sites (tertiary alicyclic amines) is 1. The van der Waals surface area contributed by atoms with Crippen LogP contribution in [0, 0.1) is 5.92 Å². The van der Waals surface area contributed by atoms with Gasteiger partial charge in [0, 0.05) is 25.7 Å². The van der Waals surface area contributed by atoms with Gasteiger partial charge in [0.25, 0.3) is 0 Å². The highest BCUT2D eigenvalue weighted by Gasteiger charge is 2.24. The molecule has 0 aliphatic carbocycles. The molecule has 0 bridgehead atoms. The molecular weight excluding hydrogens is 276 g/mol. The Hall–Kier alpha value is -1.10. The summed E-state index contributed by atoms with van der Waals surface area (Å²) in [5, 5.41) is 0. The summed E-state index contributed by atoms with van der Waals surface area (Å²) in [5.41, 5.74) is 7.35. The van der Waals surface area contributed by atoms with Gasteiger partial charge in [-0.3, -0.25) is 4.90 Å². The zero-order chi connectivity index (χ0) is 15.4. The van der Waals surface area contributed by atoms with Crippen LogP contribution in [0.2, 0.25) is 0 Å². The Morgan fingerprint density at radius 3 is 2.77 bits per heavy atom. The van der Waals surface area contributed by atoms with Crippen LogP contribution in [0.25, 0.3) is 0 Å². The maximum Gasteiger partial charge on any atom is 0.119 e. The third-order valence-electron chi connectivity index (χ3n) is 4.84. The standard InChI is InChI=1S/C18H28N2O2/c1-14(19)16-8-9-20(12-16)11-15-4-6-17(7-5-15)22-13-18-3-2-10-21-18/h4-7,14,16,18H,2-3,8-13,19H2,1H3. The van der Waals surface area contributed by atoms with Crippen LogP contribution in [0.4, 0.5) is 0 Å². The Kier molecular flexibility index (Phi) is 5.34. The van der Waals surface area contributed by atoms with Crippen molar-refractivity contribution >= 4 is 0 Å². The number of nitrogens with two attached hydrogens (primary N) is 1. The second kappa shape index (κ2) is 7.44.